The molecular formula is C18H17N5O3. The van der Waals surface area contributed by atoms with E-state index in [9.17, 15) is 20.2 Å². The van der Waals surface area contributed by atoms with Gasteiger partial charge >= 0.3 is 0 Å². The number of carbonyl (C=O) groups is 1. The van der Waals surface area contributed by atoms with Gasteiger partial charge < -0.3 is 15.5 Å². The molecule has 0 fully saturated rings. The summed E-state index contributed by atoms with van der Waals surface area (Å²) in [4.78, 5) is 24.5. The lowest BCUT2D eigenvalue weighted by Gasteiger charge is -2.12. The van der Waals surface area contributed by atoms with Crippen LogP contribution in [-0.2, 0) is 4.79 Å². The summed E-state index contributed by atoms with van der Waals surface area (Å²) in [6.45, 7) is 0. The van der Waals surface area contributed by atoms with E-state index in [1.54, 1.807) is 24.3 Å². The number of hydrogen-bond acceptors (Lipinski definition) is 6. The van der Waals surface area contributed by atoms with E-state index in [0.29, 0.717) is 5.69 Å². The Labute approximate surface area is 150 Å². The Morgan fingerprint density at radius 3 is 2.42 bits per heavy atom. The fourth-order valence-electron chi connectivity index (χ4n) is 2.09. The van der Waals surface area contributed by atoms with Gasteiger partial charge in [0.15, 0.2) is 0 Å². The molecule has 8 nitrogen and oxygen atoms in total. The smallest absolute Gasteiger partial charge is 0.292 e. The molecule has 0 aliphatic carbocycles. The Kier molecular flexibility index (Phi) is 5.90. The molecule has 132 valence electrons. The molecule has 2 N–H and O–H groups in total. The van der Waals surface area contributed by atoms with Crippen molar-refractivity contribution >= 4 is 28.7 Å². The third kappa shape index (κ3) is 4.58. The van der Waals surface area contributed by atoms with Crippen molar-refractivity contribution < 1.29 is 9.72 Å². The fourth-order valence-corrected chi connectivity index (χ4v) is 2.09. The number of benzene rings is 2. The number of nitriles is 1. The third-order valence-corrected chi connectivity index (χ3v) is 3.48. The van der Waals surface area contributed by atoms with Crippen LogP contribution < -0.4 is 15.5 Å². The molecule has 26 heavy (non-hydrogen) atoms. The summed E-state index contributed by atoms with van der Waals surface area (Å²) in [6.07, 6.45) is 1.26. The summed E-state index contributed by atoms with van der Waals surface area (Å²) in [7, 11) is 3.84. The van der Waals surface area contributed by atoms with Gasteiger partial charge in [-0.3, -0.25) is 14.9 Å². The van der Waals surface area contributed by atoms with E-state index >= 15 is 0 Å². The molecule has 2 rings (SSSR count). The van der Waals surface area contributed by atoms with Crippen molar-refractivity contribution in [3.05, 3.63) is 70.4 Å². The Bertz CT molecular complexity index is 882. The van der Waals surface area contributed by atoms with Crippen molar-refractivity contribution in [2.75, 3.05) is 29.6 Å². The van der Waals surface area contributed by atoms with Crippen LogP contribution in [0.25, 0.3) is 0 Å². The lowest BCUT2D eigenvalue weighted by Crippen LogP contribution is -2.15. The molecule has 0 spiro atoms. The van der Waals surface area contributed by atoms with Crippen LogP contribution in [-0.4, -0.2) is 24.9 Å². The van der Waals surface area contributed by atoms with Gasteiger partial charge in [0.25, 0.3) is 11.6 Å². The highest BCUT2D eigenvalue weighted by molar-refractivity contribution is 6.07. The second-order valence-electron chi connectivity index (χ2n) is 5.48. The lowest BCUT2D eigenvalue weighted by atomic mass is 10.2. The summed E-state index contributed by atoms with van der Waals surface area (Å²) in [5.41, 5.74) is 1.28. The highest BCUT2D eigenvalue weighted by atomic mass is 16.6. The van der Waals surface area contributed by atoms with Crippen LogP contribution in [0.2, 0.25) is 0 Å². The topological polar surface area (TPSA) is 111 Å². The Morgan fingerprint density at radius 1 is 1.19 bits per heavy atom. The monoisotopic (exact) mass is 351 g/mol. The molecular weight excluding hydrogens is 334 g/mol. The van der Waals surface area contributed by atoms with Crippen molar-refractivity contribution in [2.24, 2.45) is 0 Å². The molecule has 0 saturated carbocycles. The van der Waals surface area contributed by atoms with Crippen LogP contribution >= 0.6 is 0 Å². The second kappa shape index (κ2) is 8.30. The summed E-state index contributed by atoms with van der Waals surface area (Å²) in [6, 6.07) is 14.9. The Hall–Kier alpha value is -3.86. The van der Waals surface area contributed by atoms with Gasteiger partial charge in [0.2, 0.25) is 0 Å². The van der Waals surface area contributed by atoms with Crippen molar-refractivity contribution in [1.29, 1.82) is 5.26 Å². The standard InChI is InChI=1S/C18H17N5O3/c1-22(2)15-9-7-14(8-10-15)20-12-13(11-19)18(24)21-16-5-3-4-6-17(16)23(25)26/h3-10,12,20H,1-2H3,(H,21,24)/b13-12-. The first-order valence-electron chi connectivity index (χ1n) is 7.61. The minimum absolute atomic E-state index is 0.0268. The minimum Gasteiger partial charge on any atom is -0.378 e. The summed E-state index contributed by atoms with van der Waals surface area (Å²) in [5, 5.41) is 25.4. The molecule has 0 unspecified atom stereocenters. The quantitative estimate of drug-likeness (QED) is 0.358. The first-order chi connectivity index (χ1) is 12.4. The maximum Gasteiger partial charge on any atom is 0.292 e. The molecule has 2 aromatic rings. The SMILES string of the molecule is CN(C)c1ccc(N/C=C(/C#N)C(=O)Nc2ccccc2[N+](=O)[O-])cc1. The van der Waals surface area contributed by atoms with E-state index in [0.717, 1.165) is 5.69 Å². The first kappa shape index (κ1) is 18.5. The van der Waals surface area contributed by atoms with Gasteiger partial charge in [0.05, 0.1) is 4.92 Å². The molecule has 0 saturated heterocycles. The number of nitrogens with one attached hydrogen (secondary N) is 2. The van der Waals surface area contributed by atoms with E-state index < -0.39 is 10.8 Å². The van der Waals surface area contributed by atoms with Gasteiger partial charge in [-0.15, -0.1) is 0 Å². The maximum absolute atomic E-state index is 12.2. The number of nitro groups is 1. The zero-order valence-electron chi connectivity index (χ0n) is 14.3. The predicted molar refractivity (Wildman–Crippen MR) is 99.8 cm³/mol. The van der Waals surface area contributed by atoms with E-state index in [4.69, 9.17) is 0 Å². The van der Waals surface area contributed by atoms with E-state index in [-0.39, 0.29) is 16.9 Å². The zero-order valence-corrected chi connectivity index (χ0v) is 14.3. The normalized spacial score (nSPS) is 10.6. The average Bonchev–Trinajstić information content (AvgIpc) is 2.63. The molecule has 0 bridgehead atoms. The van der Waals surface area contributed by atoms with Gasteiger partial charge in [-0.05, 0) is 30.3 Å². The minimum atomic E-state index is -0.737. The molecule has 0 aromatic heterocycles. The van der Waals surface area contributed by atoms with Crippen molar-refractivity contribution in [3.63, 3.8) is 0 Å². The average molecular weight is 351 g/mol. The number of rotatable bonds is 6. The predicted octanol–water partition coefficient (Wildman–Crippen LogP) is 3.12. The lowest BCUT2D eigenvalue weighted by molar-refractivity contribution is -0.383. The summed E-state index contributed by atoms with van der Waals surface area (Å²) >= 11 is 0. The molecule has 8 heteroatoms. The van der Waals surface area contributed by atoms with Gasteiger partial charge in [0, 0.05) is 37.7 Å². The van der Waals surface area contributed by atoms with Crippen LogP contribution in [0.3, 0.4) is 0 Å². The highest BCUT2D eigenvalue weighted by Gasteiger charge is 2.17. The Morgan fingerprint density at radius 2 is 1.85 bits per heavy atom. The zero-order chi connectivity index (χ0) is 19.1. The molecule has 0 aliphatic heterocycles. The number of carbonyl (C=O) groups excluding carboxylic acids is 1. The number of amides is 1. The van der Waals surface area contributed by atoms with Crippen LogP contribution in [0.15, 0.2) is 60.3 Å². The molecule has 1 amide bonds. The molecule has 0 atom stereocenters. The molecule has 2 aromatic carbocycles. The highest BCUT2D eigenvalue weighted by Crippen LogP contribution is 2.23. The molecule has 0 radical (unpaired) electrons. The van der Waals surface area contributed by atoms with Gasteiger partial charge in [-0.1, -0.05) is 12.1 Å². The van der Waals surface area contributed by atoms with Gasteiger partial charge in [-0.2, -0.15) is 5.26 Å². The Balaban J connectivity index is 2.12. The van der Waals surface area contributed by atoms with Crippen molar-refractivity contribution in [3.8, 4) is 6.07 Å². The van der Waals surface area contributed by atoms with Crippen LogP contribution in [0.5, 0.6) is 0 Å². The van der Waals surface area contributed by atoms with Gasteiger partial charge in [-0.25, -0.2) is 0 Å². The third-order valence-electron chi connectivity index (χ3n) is 3.48. The summed E-state index contributed by atoms with van der Waals surface area (Å²) in [5.74, 6) is -0.737. The van der Waals surface area contributed by atoms with Gasteiger partial charge in [0.1, 0.15) is 17.3 Å². The van der Waals surface area contributed by atoms with Crippen LogP contribution in [0.4, 0.5) is 22.7 Å². The van der Waals surface area contributed by atoms with E-state index in [1.807, 2.05) is 31.1 Å². The van der Waals surface area contributed by atoms with Crippen molar-refractivity contribution in [1.82, 2.24) is 0 Å². The number of hydrogen-bond donors (Lipinski definition) is 2. The van der Waals surface area contributed by atoms with Crippen LogP contribution in [0.1, 0.15) is 0 Å². The largest absolute Gasteiger partial charge is 0.378 e. The number of anilines is 3. The van der Waals surface area contributed by atoms with Crippen LogP contribution in [0, 0.1) is 21.4 Å². The van der Waals surface area contributed by atoms with E-state index in [2.05, 4.69) is 10.6 Å². The van der Waals surface area contributed by atoms with Crippen molar-refractivity contribution in [2.45, 2.75) is 0 Å². The second-order valence-corrected chi connectivity index (χ2v) is 5.48. The number of nitro benzene ring substituents is 1. The maximum atomic E-state index is 12.2. The fraction of sp³-hybridized carbons (Fsp3) is 0.111. The number of nitrogens with zero attached hydrogens (tertiary/aromatic N) is 3. The molecule has 0 aliphatic rings. The van der Waals surface area contributed by atoms with E-state index in [1.165, 1.54) is 24.4 Å². The first-order valence-corrected chi connectivity index (χ1v) is 7.61. The molecule has 0 heterocycles. The number of para-hydroxylation sites is 2. The summed E-state index contributed by atoms with van der Waals surface area (Å²) < 4.78 is 0.